The Bertz CT molecular complexity index is 904. The van der Waals surface area contributed by atoms with Crippen LogP contribution in [-0.2, 0) is 13.0 Å². The lowest BCUT2D eigenvalue weighted by Gasteiger charge is -2.34. The molecular formula is C20H27N3O2S. The summed E-state index contributed by atoms with van der Waals surface area (Å²) < 4.78 is 1.84. The molecule has 0 aromatic carbocycles. The summed E-state index contributed by atoms with van der Waals surface area (Å²) in [6, 6.07) is 0. The molecule has 0 saturated carbocycles. The van der Waals surface area contributed by atoms with Crippen molar-refractivity contribution in [2.45, 2.75) is 59.4 Å². The molecule has 2 unspecified atom stereocenters. The van der Waals surface area contributed by atoms with Crippen molar-refractivity contribution >= 4 is 27.5 Å². The zero-order valence-electron chi connectivity index (χ0n) is 15.9. The predicted molar refractivity (Wildman–Crippen MR) is 105 cm³/mol. The van der Waals surface area contributed by atoms with Crippen LogP contribution in [0.1, 0.15) is 60.6 Å². The number of carbonyl (C=O) groups excluding carboxylic acids is 1. The van der Waals surface area contributed by atoms with Crippen LogP contribution in [-0.4, -0.2) is 33.4 Å². The Morgan fingerprint density at radius 1 is 1.15 bits per heavy atom. The van der Waals surface area contributed by atoms with Gasteiger partial charge in [-0.05, 0) is 43.6 Å². The first kappa shape index (κ1) is 17.7. The third-order valence-corrected chi connectivity index (χ3v) is 6.94. The van der Waals surface area contributed by atoms with Gasteiger partial charge in [0.05, 0.1) is 10.3 Å². The average molecular weight is 374 g/mol. The molecule has 0 bridgehead atoms. The number of thiophene rings is 1. The topological polar surface area (TPSA) is 55.2 Å². The number of hydrogen-bond donors (Lipinski definition) is 0. The van der Waals surface area contributed by atoms with Gasteiger partial charge in [0.25, 0.3) is 11.5 Å². The number of hydrogen-bond acceptors (Lipinski definition) is 4. The standard InChI is InChI=1S/C20H27N3O2S/c1-12-9-13(2)11-22(10-12)20(25)17-14(3)16-18(26-17)21-15-7-5-4-6-8-23(15)19(16)24/h12-13H,4-11H2,1-3H3. The normalized spacial score (nSPS) is 23.7. The Hall–Kier alpha value is -1.69. The van der Waals surface area contributed by atoms with Crippen LogP contribution in [0, 0.1) is 18.8 Å². The fraction of sp³-hybridized carbons (Fsp3) is 0.650. The molecule has 2 aliphatic rings. The first-order valence-corrected chi connectivity index (χ1v) is 10.6. The van der Waals surface area contributed by atoms with Crippen LogP contribution < -0.4 is 5.56 Å². The van der Waals surface area contributed by atoms with Crippen molar-refractivity contribution in [3.05, 3.63) is 26.6 Å². The van der Waals surface area contributed by atoms with Crippen molar-refractivity contribution in [2.75, 3.05) is 13.1 Å². The second-order valence-electron chi connectivity index (χ2n) is 8.19. The molecule has 2 aromatic rings. The molecular weight excluding hydrogens is 346 g/mol. The second kappa shape index (κ2) is 6.80. The zero-order chi connectivity index (χ0) is 18.4. The molecule has 2 aliphatic heterocycles. The molecule has 4 heterocycles. The molecule has 2 aromatic heterocycles. The van der Waals surface area contributed by atoms with Gasteiger partial charge in [0, 0.05) is 26.1 Å². The summed E-state index contributed by atoms with van der Waals surface area (Å²) in [6.07, 6.45) is 5.28. The van der Waals surface area contributed by atoms with E-state index in [1.807, 2.05) is 16.4 Å². The third-order valence-electron chi connectivity index (χ3n) is 5.76. The largest absolute Gasteiger partial charge is 0.337 e. The molecule has 4 rings (SSSR count). The van der Waals surface area contributed by atoms with Gasteiger partial charge in [0.2, 0.25) is 0 Å². The summed E-state index contributed by atoms with van der Waals surface area (Å²) >= 11 is 1.41. The summed E-state index contributed by atoms with van der Waals surface area (Å²) in [6.45, 7) is 8.68. The molecule has 2 atom stereocenters. The van der Waals surface area contributed by atoms with Gasteiger partial charge < -0.3 is 4.90 Å². The first-order valence-electron chi connectivity index (χ1n) is 9.77. The molecule has 6 heteroatoms. The van der Waals surface area contributed by atoms with Gasteiger partial charge in [-0.1, -0.05) is 20.3 Å². The van der Waals surface area contributed by atoms with Crippen LogP contribution in [0.15, 0.2) is 4.79 Å². The van der Waals surface area contributed by atoms with E-state index in [4.69, 9.17) is 4.98 Å². The fourth-order valence-corrected chi connectivity index (χ4v) is 5.74. The average Bonchev–Trinajstić information content (AvgIpc) is 2.77. The number of fused-ring (bicyclic) bond motifs is 2. The second-order valence-corrected chi connectivity index (χ2v) is 9.19. The van der Waals surface area contributed by atoms with Gasteiger partial charge in [-0.25, -0.2) is 4.98 Å². The Morgan fingerprint density at radius 2 is 1.88 bits per heavy atom. The maximum atomic E-state index is 13.2. The molecule has 1 amide bonds. The lowest BCUT2D eigenvalue weighted by Crippen LogP contribution is -2.42. The highest BCUT2D eigenvalue weighted by Crippen LogP contribution is 2.31. The first-order chi connectivity index (χ1) is 12.5. The highest BCUT2D eigenvalue weighted by molar-refractivity contribution is 7.20. The van der Waals surface area contributed by atoms with Crippen molar-refractivity contribution < 1.29 is 4.79 Å². The summed E-state index contributed by atoms with van der Waals surface area (Å²) in [5, 5.41) is 0.655. The van der Waals surface area contributed by atoms with Crippen LogP contribution in [0.3, 0.4) is 0 Å². The van der Waals surface area contributed by atoms with Crippen molar-refractivity contribution in [1.82, 2.24) is 14.5 Å². The van der Waals surface area contributed by atoms with Crippen LogP contribution in [0.25, 0.3) is 10.2 Å². The number of carbonyl (C=O) groups is 1. The quantitative estimate of drug-likeness (QED) is 0.767. The predicted octanol–water partition coefficient (Wildman–Crippen LogP) is 3.61. The molecule has 1 fully saturated rings. The maximum Gasteiger partial charge on any atom is 0.264 e. The third kappa shape index (κ3) is 2.98. The van der Waals surface area contributed by atoms with Gasteiger partial charge >= 0.3 is 0 Å². The van der Waals surface area contributed by atoms with Gasteiger partial charge in [-0.2, -0.15) is 0 Å². The number of likely N-dealkylation sites (tertiary alicyclic amines) is 1. The lowest BCUT2D eigenvalue weighted by atomic mass is 9.92. The van der Waals surface area contributed by atoms with E-state index in [-0.39, 0.29) is 11.5 Å². The molecule has 5 nitrogen and oxygen atoms in total. The number of piperidine rings is 1. The number of nitrogens with zero attached hydrogens (tertiary/aromatic N) is 3. The monoisotopic (exact) mass is 373 g/mol. The molecule has 0 radical (unpaired) electrons. The zero-order valence-corrected chi connectivity index (χ0v) is 16.7. The minimum absolute atomic E-state index is 0.0417. The van der Waals surface area contributed by atoms with E-state index in [1.165, 1.54) is 17.8 Å². The minimum Gasteiger partial charge on any atom is -0.337 e. The number of amides is 1. The summed E-state index contributed by atoms with van der Waals surface area (Å²) in [5.41, 5.74) is 0.859. The summed E-state index contributed by atoms with van der Waals surface area (Å²) in [7, 11) is 0. The highest BCUT2D eigenvalue weighted by Gasteiger charge is 2.29. The summed E-state index contributed by atoms with van der Waals surface area (Å²) in [4.78, 5) is 34.4. The van der Waals surface area contributed by atoms with E-state index in [0.29, 0.717) is 22.1 Å². The Morgan fingerprint density at radius 3 is 2.62 bits per heavy atom. The number of aryl methyl sites for hydroxylation is 2. The lowest BCUT2D eigenvalue weighted by molar-refractivity contribution is 0.0627. The van der Waals surface area contributed by atoms with Crippen molar-refractivity contribution in [2.24, 2.45) is 11.8 Å². The van der Waals surface area contributed by atoms with E-state index in [0.717, 1.165) is 61.5 Å². The molecule has 0 N–H and O–H groups in total. The van der Waals surface area contributed by atoms with Gasteiger partial charge in [0.1, 0.15) is 10.7 Å². The maximum absolute atomic E-state index is 13.2. The Labute approximate surface area is 158 Å². The highest BCUT2D eigenvalue weighted by atomic mass is 32.1. The molecule has 1 saturated heterocycles. The van der Waals surface area contributed by atoms with E-state index in [9.17, 15) is 9.59 Å². The van der Waals surface area contributed by atoms with E-state index >= 15 is 0 Å². The molecule has 140 valence electrons. The van der Waals surface area contributed by atoms with E-state index < -0.39 is 0 Å². The van der Waals surface area contributed by atoms with Crippen LogP contribution in [0.4, 0.5) is 0 Å². The number of rotatable bonds is 1. The smallest absolute Gasteiger partial charge is 0.264 e. The van der Waals surface area contributed by atoms with E-state index in [2.05, 4.69) is 13.8 Å². The van der Waals surface area contributed by atoms with Crippen LogP contribution >= 0.6 is 11.3 Å². The van der Waals surface area contributed by atoms with Crippen molar-refractivity contribution in [3.8, 4) is 0 Å². The fourth-order valence-electron chi connectivity index (χ4n) is 4.59. The van der Waals surface area contributed by atoms with Crippen LogP contribution in [0.2, 0.25) is 0 Å². The summed E-state index contributed by atoms with van der Waals surface area (Å²) in [5.74, 6) is 2.01. The number of aromatic nitrogens is 2. The molecule has 0 spiro atoms. The van der Waals surface area contributed by atoms with E-state index in [1.54, 1.807) is 0 Å². The van der Waals surface area contributed by atoms with Crippen molar-refractivity contribution in [1.29, 1.82) is 0 Å². The minimum atomic E-state index is 0.0417. The van der Waals surface area contributed by atoms with Gasteiger partial charge in [-0.3, -0.25) is 14.2 Å². The molecule has 0 aliphatic carbocycles. The van der Waals surface area contributed by atoms with Crippen LogP contribution in [0.5, 0.6) is 0 Å². The Balaban J connectivity index is 1.77. The Kier molecular flexibility index (Phi) is 4.63. The van der Waals surface area contributed by atoms with Gasteiger partial charge in [-0.15, -0.1) is 11.3 Å². The van der Waals surface area contributed by atoms with Crippen molar-refractivity contribution in [3.63, 3.8) is 0 Å². The SMILES string of the molecule is Cc1c(C(=O)N2CC(C)CC(C)C2)sc2nc3n(c(=O)c12)CCCCC3. The van der Waals surface area contributed by atoms with Gasteiger partial charge in [0.15, 0.2) is 0 Å². The molecule has 26 heavy (non-hydrogen) atoms.